The first-order chi connectivity index (χ1) is 5.33. The first kappa shape index (κ1) is 17.2. The molecule has 0 saturated carbocycles. The van der Waals surface area contributed by atoms with Crippen LogP contribution in [0.25, 0.3) is 0 Å². The van der Waals surface area contributed by atoms with Gasteiger partial charge in [-0.05, 0) is 0 Å². The van der Waals surface area contributed by atoms with E-state index < -0.39 is 0 Å². The van der Waals surface area contributed by atoms with Gasteiger partial charge in [-0.25, -0.2) is 0 Å². The van der Waals surface area contributed by atoms with Crippen LogP contribution in [0.15, 0.2) is 0 Å². The zero-order chi connectivity index (χ0) is 9.54. The van der Waals surface area contributed by atoms with Gasteiger partial charge in [0.2, 0.25) is 0 Å². The number of hydrogen-bond acceptors (Lipinski definition) is 0. The van der Waals surface area contributed by atoms with Gasteiger partial charge < -0.3 is 0 Å². The molecule has 0 spiro atoms. The van der Waals surface area contributed by atoms with Crippen LogP contribution < -0.4 is 0 Å². The molecule has 0 fully saturated rings. The molecule has 0 rings (SSSR count). The quantitative estimate of drug-likeness (QED) is 0.543. The smallest absolute Gasteiger partial charge is 0.0538 e. The molecule has 0 aliphatic carbocycles. The standard InChI is InChI=1S/C5H12.C4H10.C2H6/c1-3-5-4-2;1-3-4-2;1-2/h3-5H2,1-2H3;3-4H2,1-2H3;1-2H3. The van der Waals surface area contributed by atoms with E-state index in [1.807, 2.05) is 13.8 Å². The van der Waals surface area contributed by atoms with E-state index in [0.717, 1.165) is 0 Å². The summed E-state index contributed by atoms with van der Waals surface area (Å²) in [6, 6.07) is 0. The third kappa shape index (κ3) is 71.1. The van der Waals surface area contributed by atoms with E-state index in [1.54, 1.807) is 0 Å². The monoisotopic (exact) mass is 160 g/mol. The number of unbranched alkanes of at least 4 members (excludes halogenated alkanes) is 3. The van der Waals surface area contributed by atoms with Gasteiger partial charge in [0.15, 0.2) is 0 Å². The zero-order valence-electron chi connectivity index (χ0n) is 9.54. The molecule has 0 bridgehead atoms. The van der Waals surface area contributed by atoms with Gasteiger partial charge in [-0.1, -0.05) is 73.6 Å². The molecule has 0 aromatic rings. The summed E-state index contributed by atoms with van der Waals surface area (Å²) in [6.45, 7) is 12.8. The highest BCUT2D eigenvalue weighted by Crippen LogP contribution is 1.88. The maximum absolute atomic E-state index is 2.21. The molecule has 0 aliphatic rings. The van der Waals surface area contributed by atoms with Crippen molar-refractivity contribution in [3.63, 3.8) is 0 Å². The van der Waals surface area contributed by atoms with Crippen LogP contribution in [-0.4, -0.2) is 0 Å². The fourth-order valence-corrected chi connectivity index (χ4v) is 0.354. The molecule has 0 aliphatic heterocycles. The molecule has 0 unspecified atom stereocenters. The molecule has 0 nitrogen and oxygen atoms in total. The number of hydrogen-bond donors (Lipinski definition) is 0. The Morgan fingerprint density at radius 2 is 0.818 bits per heavy atom. The summed E-state index contributed by atoms with van der Waals surface area (Å²) in [5, 5.41) is 0. The lowest BCUT2D eigenvalue weighted by molar-refractivity contribution is 0.772. The molecule has 0 aromatic carbocycles. The molecule has 0 heteroatoms. The summed E-state index contributed by atoms with van der Waals surface area (Å²) in [5.74, 6) is 0. The second-order valence-electron chi connectivity index (χ2n) is 2.35. The lowest BCUT2D eigenvalue weighted by atomic mass is 10.3. The Morgan fingerprint density at radius 1 is 0.545 bits per heavy atom. The van der Waals surface area contributed by atoms with Crippen LogP contribution in [0.3, 0.4) is 0 Å². The maximum Gasteiger partial charge on any atom is -0.0538 e. The molecular weight excluding hydrogens is 132 g/mol. The van der Waals surface area contributed by atoms with Crippen molar-refractivity contribution >= 4 is 0 Å². The van der Waals surface area contributed by atoms with E-state index in [9.17, 15) is 0 Å². The van der Waals surface area contributed by atoms with Gasteiger partial charge in [-0.15, -0.1) is 0 Å². The summed E-state index contributed by atoms with van der Waals surface area (Å²) in [4.78, 5) is 0. The van der Waals surface area contributed by atoms with E-state index in [1.165, 1.54) is 32.1 Å². The Balaban J connectivity index is -0.0000000965. The average molecular weight is 160 g/mol. The van der Waals surface area contributed by atoms with Crippen molar-refractivity contribution in [2.24, 2.45) is 0 Å². The second-order valence-corrected chi connectivity index (χ2v) is 2.35. The summed E-state index contributed by atoms with van der Waals surface area (Å²) in [5.41, 5.74) is 0. The minimum absolute atomic E-state index is 1.32. The van der Waals surface area contributed by atoms with Gasteiger partial charge in [0.1, 0.15) is 0 Å². The van der Waals surface area contributed by atoms with Crippen molar-refractivity contribution in [1.29, 1.82) is 0 Å². The molecule has 0 aromatic heterocycles. The fraction of sp³-hybridized carbons (Fsp3) is 1.00. The molecule has 0 atom stereocenters. The second kappa shape index (κ2) is 32.4. The van der Waals surface area contributed by atoms with Crippen molar-refractivity contribution in [2.75, 3.05) is 0 Å². The van der Waals surface area contributed by atoms with Crippen molar-refractivity contribution < 1.29 is 0 Å². The lowest BCUT2D eigenvalue weighted by Crippen LogP contribution is -1.59. The maximum atomic E-state index is 2.21. The van der Waals surface area contributed by atoms with Gasteiger partial charge in [-0.3, -0.25) is 0 Å². The summed E-state index contributed by atoms with van der Waals surface area (Å²) in [6.07, 6.45) is 6.72. The molecule has 0 saturated heterocycles. The highest BCUT2D eigenvalue weighted by Gasteiger charge is 1.68. The van der Waals surface area contributed by atoms with Gasteiger partial charge >= 0.3 is 0 Å². The molecule has 72 valence electrons. The van der Waals surface area contributed by atoms with E-state index in [4.69, 9.17) is 0 Å². The Kier molecular flexibility index (Phi) is 50.6. The van der Waals surface area contributed by atoms with Crippen molar-refractivity contribution in [1.82, 2.24) is 0 Å². The summed E-state index contributed by atoms with van der Waals surface area (Å²) in [7, 11) is 0. The van der Waals surface area contributed by atoms with Gasteiger partial charge in [-0.2, -0.15) is 0 Å². The molecule has 11 heavy (non-hydrogen) atoms. The Morgan fingerprint density at radius 3 is 0.818 bits per heavy atom. The van der Waals surface area contributed by atoms with E-state index >= 15 is 0 Å². The van der Waals surface area contributed by atoms with Gasteiger partial charge in [0, 0.05) is 0 Å². The number of rotatable bonds is 3. The summed E-state index contributed by atoms with van der Waals surface area (Å²) >= 11 is 0. The zero-order valence-corrected chi connectivity index (χ0v) is 9.54. The van der Waals surface area contributed by atoms with Gasteiger partial charge in [0.25, 0.3) is 0 Å². The van der Waals surface area contributed by atoms with Crippen LogP contribution in [0.2, 0.25) is 0 Å². The van der Waals surface area contributed by atoms with Crippen molar-refractivity contribution in [2.45, 2.75) is 73.6 Å². The van der Waals surface area contributed by atoms with Crippen LogP contribution >= 0.6 is 0 Å². The lowest BCUT2D eigenvalue weighted by Gasteiger charge is -1.79. The van der Waals surface area contributed by atoms with Crippen LogP contribution in [0.1, 0.15) is 73.6 Å². The Bertz CT molecular complexity index is 19.2. The predicted molar refractivity (Wildman–Crippen MR) is 57.1 cm³/mol. The average Bonchev–Trinajstić information content (AvgIpc) is 2.10. The molecule has 0 amide bonds. The molecule has 0 radical (unpaired) electrons. The minimum Gasteiger partial charge on any atom is -0.0683 e. The SMILES string of the molecule is CC.CCCC.CCCCC. The largest absolute Gasteiger partial charge is 0.0683 e. The third-order valence-corrected chi connectivity index (χ3v) is 1.21. The molecular formula is C11H28. The van der Waals surface area contributed by atoms with E-state index in [0.29, 0.717) is 0 Å². The fourth-order valence-electron chi connectivity index (χ4n) is 0.354. The van der Waals surface area contributed by atoms with E-state index in [2.05, 4.69) is 27.7 Å². The van der Waals surface area contributed by atoms with Crippen LogP contribution in [0.5, 0.6) is 0 Å². The summed E-state index contributed by atoms with van der Waals surface area (Å²) < 4.78 is 0. The van der Waals surface area contributed by atoms with Crippen LogP contribution in [-0.2, 0) is 0 Å². The van der Waals surface area contributed by atoms with Gasteiger partial charge in [0.05, 0.1) is 0 Å². The van der Waals surface area contributed by atoms with E-state index in [-0.39, 0.29) is 0 Å². The van der Waals surface area contributed by atoms with Crippen molar-refractivity contribution in [3.8, 4) is 0 Å². The Hall–Kier alpha value is 0. The van der Waals surface area contributed by atoms with Crippen molar-refractivity contribution in [3.05, 3.63) is 0 Å². The highest BCUT2D eigenvalue weighted by molar-refractivity contribution is 4.24. The first-order valence-corrected chi connectivity index (χ1v) is 5.33. The van der Waals surface area contributed by atoms with Crippen LogP contribution in [0, 0.1) is 0 Å². The minimum atomic E-state index is 1.32. The topological polar surface area (TPSA) is 0 Å². The normalized spacial score (nSPS) is 7.09. The third-order valence-electron chi connectivity index (χ3n) is 1.21. The van der Waals surface area contributed by atoms with Crippen LogP contribution in [0.4, 0.5) is 0 Å². The predicted octanol–water partition coefficient (Wildman–Crippen LogP) is 5.03. The Labute approximate surface area is 74.4 Å². The molecule has 0 heterocycles. The highest BCUT2D eigenvalue weighted by atomic mass is 13.7. The first-order valence-electron chi connectivity index (χ1n) is 5.33. The molecule has 0 N–H and O–H groups in total.